The number of nitro groups is 2. The monoisotopic (exact) mass is 899 g/mol. The number of rotatable bonds is 6. The van der Waals surface area contributed by atoms with E-state index in [1.807, 2.05) is 36.4 Å². The van der Waals surface area contributed by atoms with Gasteiger partial charge in [0.2, 0.25) is 0 Å². The van der Waals surface area contributed by atoms with Crippen LogP contribution < -0.4 is 33.6 Å². The number of para-hydroxylation sites is 4. The first-order valence-corrected chi connectivity index (χ1v) is 19.4. The summed E-state index contributed by atoms with van der Waals surface area (Å²) in [6, 6.07) is 31.6. The van der Waals surface area contributed by atoms with Gasteiger partial charge < -0.3 is 42.3 Å². The Hall–Kier alpha value is -7.32. The fourth-order valence-electron chi connectivity index (χ4n) is 4.85. The number of benzene rings is 4. The quantitative estimate of drug-likeness (QED) is 0.0296. The first-order valence-electron chi connectivity index (χ1n) is 18.5. The molecule has 62 heavy (non-hydrogen) atoms. The summed E-state index contributed by atoms with van der Waals surface area (Å²) >= 11 is -1.44. The van der Waals surface area contributed by atoms with Gasteiger partial charge in [0, 0.05) is 55.3 Å². The Bertz CT molecular complexity index is 2480. The molecule has 2 aromatic heterocycles. The molecule has 331 valence electrons. The minimum absolute atomic E-state index is 0.0205. The van der Waals surface area contributed by atoms with Crippen LogP contribution in [0.15, 0.2) is 119 Å². The number of esters is 1. The van der Waals surface area contributed by atoms with Gasteiger partial charge in [-0.3, -0.25) is 34.6 Å². The Morgan fingerprint density at radius 2 is 1.26 bits per heavy atom. The van der Waals surface area contributed by atoms with Crippen LogP contribution in [0.3, 0.4) is 0 Å². The summed E-state index contributed by atoms with van der Waals surface area (Å²) < 4.78 is 21.1. The predicted octanol–water partition coefficient (Wildman–Crippen LogP) is 4.74. The molecule has 0 radical (unpaired) electrons. The van der Waals surface area contributed by atoms with E-state index in [2.05, 4.69) is 20.0 Å². The van der Waals surface area contributed by atoms with Crippen LogP contribution in [0.5, 0.6) is 0 Å². The maximum absolute atomic E-state index is 11.2. The number of piperidine rings is 1. The van der Waals surface area contributed by atoms with Crippen LogP contribution in [0.25, 0.3) is 21.8 Å². The summed E-state index contributed by atoms with van der Waals surface area (Å²) in [5, 5.41) is 33.6. The van der Waals surface area contributed by atoms with E-state index in [-0.39, 0.29) is 24.5 Å². The van der Waals surface area contributed by atoms with Gasteiger partial charge in [-0.15, -0.1) is 0 Å². The molecule has 0 aliphatic carbocycles. The van der Waals surface area contributed by atoms with Crippen molar-refractivity contribution < 1.29 is 51.8 Å². The number of fused-ring (bicyclic) bond motifs is 2. The number of carbonyl (C=O) groups is 2. The Kier molecular flexibility index (Phi) is 26.1. The third-order valence-corrected chi connectivity index (χ3v) is 7.83. The van der Waals surface area contributed by atoms with Gasteiger partial charge in [0.1, 0.15) is 0 Å². The average molecular weight is 900 g/mol. The van der Waals surface area contributed by atoms with Crippen molar-refractivity contribution in [2.45, 2.75) is 32.8 Å². The Morgan fingerprint density at radius 3 is 1.68 bits per heavy atom. The maximum atomic E-state index is 11.2. The summed E-state index contributed by atoms with van der Waals surface area (Å²) in [5.41, 5.74) is 19.2. The van der Waals surface area contributed by atoms with Crippen molar-refractivity contribution in [3.05, 3.63) is 161 Å². The van der Waals surface area contributed by atoms with Gasteiger partial charge in [0.25, 0.3) is 12.1 Å². The molecular formula is C41H48MnN8O12. The number of ether oxygens (including phenoxy) is 1. The van der Waals surface area contributed by atoms with E-state index >= 15 is 0 Å². The molecule has 1 aliphatic heterocycles. The van der Waals surface area contributed by atoms with E-state index in [0.717, 1.165) is 22.8 Å². The third kappa shape index (κ3) is 21.1. The molecule has 1 aliphatic rings. The van der Waals surface area contributed by atoms with Crippen molar-refractivity contribution in [2.75, 3.05) is 43.4 Å². The van der Waals surface area contributed by atoms with Crippen molar-refractivity contribution in [2.24, 2.45) is 0 Å². The van der Waals surface area contributed by atoms with Crippen molar-refractivity contribution in [3.8, 4) is 0 Å². The van der Waals surface area contributed by atoms with Crippen molar-refractivity contribution in [1.82, 2.24) is 15.3 Å². The molecule has 7 rings (SSSR count). The van der Waals surface area contributed by atoms with E-state index < -0.39 is 48.4 Å². The molecule has 1 saturated heterocycles. The number of carbonyl (C=O) groups excluding carboxylic acids is 2. The molecule has 4 aromatic carbocycles. The number of pyridine rings is 2. The topological polar surface area (TPSA) is 340 Å². The van der Waals surface area contributed by atoms with Crippen LogP contribution in [0.1, 0.15) is 42.1 Å². The standard InChI is InChI=1S/C9H6N2O3.C9H8N2O.C7H9NO.C7H7NO.C5H11N.C4H7NO4.Mn.2O/c12-9-8(11(13)14)5-6-3-1-2-4-7(6)10-9;10-7-5-6-3-1-2-4-8(6)11-9(7)12;2*8-7-4-2-1-3-6(7)5-9;1-2-4-6-5-3-1;1-2-9-4(6)3-5(7)8;;;/h1-5H,(H,10,12);1-5H,10H2,(H,11,12);1-4,9H,5,8H2;1-5H,8H2;6H,1-5H2;2-3H2,1H3;;;. The number of hydrogen-bond donors (Lipinski definition) is 7. The normalized spacial score (nSPS) is 10.7. The molecule has 0 unspecified atom stereocenters. The molecule has 0 bridgehead atoms. The molecule has 20 nitrogen and oxygen atoms in total. The van der Waals surface area contributed by atoms with Crippen molar-refractivity contribution in [3.63, 3.8) is 0 Å². The van der Waals surface area contributed by atoms with Crippen LogP contribution in [-0.4, -0.2) is 63.4 Å². The first-order chi connectivity index (χ1) is 29.7. The van der Waals surface area contributed by atoms with Gasteiger partial charge in [0.15, 0.2) is 6.29 Å². The van der Waals surface area contributed by atoms with Gasteiger partial charge >= 0.3 is 39.7 Å². The van der Waals surface area contributed by atoms with E-state index in [4.69, 9.17) is 30.0 Å². The third-order valence-electron chi connectivity index (χ3n) is 7.83. The van der Waals surface area contributed by atoms with E-state index in [0.29, 0.717) is 27.8 Å². The van der Waals surface area contributed by atoms with Gasteiger partial charge in [-0.1, -0.05) is 73.2 Å². The molecule has 0 amide bonds. The van der Waals surface area contributed by atoms with Crippen LogP contribution in [0, 0.1) is 20.2 Å². The molecule has 0 atom stereocenters. The van der Waals surface area contributed by atoms with Gasteiger partial charge in [-0.25, -0.2) is 4.79 Å². The number of nitrogens with two attached hydrogens (primary N) is 3. The number of anilines is 3. The SMILES string of the molecule is C1CCNCC1.CCOC(=O)C[N+](=O)[O-].Nc1cc2ccccc2[nH]c1=O.Nc1ccccc1C=O.Nc1ccccc1CO.O=c1[nH]c2ccccc2cc1[N+](=O)[O-].[O]=[Mn]=[O]. The van der Waals surface area contributed by atoms with Gasteiger partial charge in [0.05, 0.1) is 23.8 Å². The molecule has 0 spiro atoms. The zero-order valence-electron chi connectivity index (χ0n) is 33.6. The number of hydrogen-bond acceptors (Lipinski definition) is 16. The van der Waals surface area contributed by atoms with Gasteiger partial charge in [-0.05, 0) is 69.3 Å². The summed E-state index contributed by atoms with van der Waals surface area (Å²) in [6.07, 6.45) is 4.96. The van der Waals surface area contributed by atoms with Gasteiger partial charge in [-0.2, -0.15) is 0 Å². The molecule has 21 heteroatoms. The number of aliphatic hydroxyl groups excluding tert-OH is 1. The number of nitrogen functional groups attached to an aromatic ring is 3. The zero-order chi connectivity index (χ0) is 46.3. The second-order valence-electron chi connectivity index (χ2n) is 12.2. The fourth-order valence-corrected chi connectivity index (χ4v) is 4.85. The first kappa shape index (κ1) is 52.7. The molecular weight excluding hydrogens is 851 g/mol. The zero-order valence-corrected chi connectivity index (χ0v) is 34.7. The van der Waals surface area contributed by atoms with Crippen LogP contribution >= 0.6 is 0 Å². The summed E-state index contributed by atoms with van der Waals surface area (Å²) in [7, 11) is 0. The van der Waals surface area contributed by atoms with Crippen LogP contribution in [0.2, 0.25) is 0 Å². The molecule has 0 saturated carbocycles. The Labute approximate surface area is 360 Å². The summed E-state index contributed by atoms with van der Waals surface area (Å²) in [4.78, 5) is 66.3. The number of aromatic nitrogens is 2. The summed E-state index contributed by atoms with van der Waals surface area (Å²) in [6.45, 7) is 3.56. The fraction of sp³-hybridized carbons (Fsp3) is 0.220. The molecule has 1 fully saturated rings. The molecule has 3 heterocycles. The number of aliphatic hydroxyl groups is 1. The second kappa shape index (κ2) is 30.7. The molecule has 10 N–H and O–H groups in total. The number of aldehydes is 1. The summed E-state index contributed by atoms with van der Waals surface area (Å²) in [5.74, 6) is -0.789. The predicted molar refractivity (Wildman–Crippen MR) is 230 cm³/mol. The van der Waals surface area contributed by atoms with E-state index in [1.54, 1.807) is 73.7 Å². The molecule has 6 aromatic rings. The van der Waals surface area contributed by atoms with E-state index in [1.165, 1.54) is 38.4 Å². The van der Waals surface area contributed by atoms with Crippen molar-refractivity contribution in [1.29, 1.82) is 0 Å². The second-order valence-corrected chi connectivity index (χ2v) is 12.4. The minimum atomic E-state index is -1.44. The Balaban J connectivity index is 0.000000373. The number of H-pyrrole nitrogens is 2. The van der Waals surface area contributed by atoms with Crippen LogP contribution in [-0.2, 0) is 38.6 Å². The average Bonchev–Trinajstić information content (AvgIpc) is 3.26. The number of nitrogens with one attached hydrogen (secondary N) is 3. The Morgan fingerprint density at radius 1 is 0.758 bits per heavy atom. The van der Waals surface area contributed by atoms with E-state index in [9.17, 15) is 39.4 Å². The van der Waals surface area contributed by atoms with Crippen molar-refractivity contribution >= 4 is 56.8 Å². The number of nitrogens with zero attached hydrogens (tertiary/aromatic N) is 2. The van der Waals surface area contributed by atoms with Crippen LogP contribution in [0.4, 0.5) is 22.7 Å². The number of aromatic amines is 2.